The number of ether oxygens (including phenoxy) is 1. The molecule has 1 N–H and O–H groups in total. The van der Waals surface area contributed by atoms with Crippen molar-refractivity contribution in [1.29, 1.82) is 0 Å². The molecule has 5 heteroatoms. The zero-order valence-corrected chi connectivity index (χ0v) is 12.2. The minimum Gasteiger partial charge on any atom is -0.367 e. The summed E-state index contributed by atoms with van der Waals surface area (Å²) in [6.07, 6.45) is 4.11. The molecule has 0 aromatic carbocycles. The van der Waals surface area contributed by atoms with E-state index < -0.39 is 5.60 Å². The first kappa shape index (κ1) is 14.5. The van der Waals surface area contributed by atoms with E-state index in [0.29, 0.717) is 18.3 Å². The van der Waals surface area contributed by atoms with Gasteiger partial charge >= 0.3 is 0 Å². The van der Waals surface area contributed by atoms with Gasteiger partial charge in [0.05, 0.1) is 0 Å². The van der Waals surface area contributed by atoms with Crippen LogP contribution in [0.25, 0.3) is 0 Å². The van der Waals surface area contributed by atoms with Crippen molar-refractivity contribution in [3.05, 3.63) is 11.7 Å². The summed E-state index contributed by atoms with van der Waals surface area (Å²) < 4.78 is 11.2. The first-order chi connectivity index (χ1) is 9.18. The molecule has 1 unspecified atom stereocenters. The largest absolute Gasteiger partial charge is 0.367 e. The molecular formula is C14H25N3O2. The molecule has 0 amide bonds. The average molecular weight is 267 g/mol. The van der Waals surface area contributed by atoms with E-state index in [1.165, 1.54) is 12.8 Å². The molecule has 1 aromatic heterocycles. The second-order valence-electron chi connectivity index (χ2n) is 5.43. The maximum Gasteiger partial charge on any atom is 0.227 e. The number of nitrogens with one attached hydrogen (secondary N) is 1. The molecule has 19 heavy (non-hydrogen) atoms. The minimum atomic E-state index is -0.426. The van der Waals surface area contributed by atoms with Crippen molar-refractivity contribution in [1.82, 2.24) is 15.5 Å². The van der Waals surface area contributed by atoms with Crippen molar-refractivity contribution in [3.63, 3.8) is 0 Å². The molecule has 1 aliphatic heterocycles. The van der Waals surface area contributed by atoms with E-state index in [4.69, 9.17) is 9.26 Å². The normalized spacial score (nSPS) is 20.4. The molecule has 1 saturated heterocycles. The highest BCUT2D eigenvalue weighted by molar-refractivity contribution is 4.99. The summed E-state index contributed by atoms with van der Waals surface area (Å²) >= 11 is 0. The highest BCUT2D eigenvalue weighted by Gasteiger charge is 2.31. The van der Waals surface area contributed by atoms with Gasteiger partial charge in [0.15, 0.2) is 0 Å². The van der Waals surface area contributed by atoms with Crippen LogP contribution in [-0.4, -0.2) is 29.8 Å². The molecule has 1 aliphatic rings. The van der Waals surface area contributed by atoms with Crippen LogP contribution in [0.4, 0.5) is 0 Å². The first-order valence-electron chi connectivity index (χ1n) is 7.35. The Balaban J connectivity index is 2.01. The van der Waals surface area contributed by atoms with Crippen molar-refractivity contribution >= 4 is 0 Å². The van der Waals surface area contributed by atoms with Crippen molar-refractivity contribution in [2.24, 2.45) is 5.92 Å². The molecule has 1 atom stereocenters. The van der Waals surface area contributed by atoms with Gasteiger partial charge < -0.3 is 14.6 Å². The number of rotatable bonds is 6. The molecule has 0 spiro atoms. The molecule has 0 aliphatic carbocycles. The Morgan fingerprint density at radius 1 is 1.37 bits per heavy atom. The van der Waals surface area contributed by atoms with Crippen molar-refractivity contribution < 1.29 is 9.26 Å². The van der Waals surface area contributed by atoms with Gasteiger partial charge in [0.1, 0.15) is 5.60 Å². The molecule has 2 rings (SSSR count). The van der Waals surface area contributed by atoms with Crippen molar-refractivity contribution in [2.75, 3.05) is 19.7 Å². The molecule has 0 radical (unpaired) electrons. The first-order valence-corrected chi connectivity index (χ1v) is 7.35. The van der Waals surface area contributed by atoms with Crippen molar-refractivity contribution in [3.8, 4) is 0 Å². The monoisotopic (exact) mass is 267 g/mol. The predicted molar refractivity (Wildman–Crippen MR) is 72.9 cm³/mol. The predicted octanol–water partition coefficient (Wildman–Crippen LogP) is 2.27. The SMILES string of the molecule is CCOC(C)(CC)c1noc(CC2CCNCC2)n1. The molecule has 0 bridgehead atoms. The van der Waals surface area contributed by atoms with Gasteiger partial charge in [-0.25, -0.2) is 0 Å². The molecule has 1 fully saturated rings. The Morgan fingerprint density at radius 3 is 2.74 bits per heavy atom. The van der Waals surface area contributed by atoms with E-state index in [1.807, 2.05) is 13.8 Å². The third kappa shape index (κ3) is 3.54. The lowest BCUT2D eigenvalue weighted by Crippen LogP contribution is -2.29. The van der Waals surface area contributed by atoms with Gasteiger partial charge in [0, 0.05) is 13.0 Å². The third-order valence-electron chi connectivity index (χ3n) is 4.00. The average Bonchev–Trinajstić information content (AvgIpc) is 2.89. The van der Waals surface area contributed by atoms with Crippen LogP contribution in [0.2, 0.25) is 0 Å². The van der Waals surface area contributed by atoms with E-state index in [0.717, 1.165) is 31.8 Å². The van der Waals surface area contributed by atoms with Crippen LogP contribution in [-0.2, 0) is 16.8 Å². The summed E-state index contributed by atoms with van der Waals surface area (Å²) in [6, 6.07) is 0. The number of aromatic nitrogens is 2. The van der Waals surface area contributed by atoms with Gasteiger partial charge in [-0.3, -0.25) is 0 Å². The van der Waals surface area contributed by atoms with Gasteiger partial charge in [-0.05, 0) is 52.1 Å². The van der Waals surface area contributed by atoms with E-state index in [9.17, 15) is 0 Å². The second kappa shape index (κ2) is 6.48. The Kier molecular flexibility index (Phi) is 4.93. The van der Waals surface area contributed by atoms with Gasteiger partial charge in [0.2, 0.25) is 11.7 Å². The van der Waals surface area contributed by atoms with Crippen LogP contribution < -0.4 is 5.32 Å². The van der Waals surface area contributed by atoms with Gasteiger partial charge in [-0.1, -0.05) is 12.1 Å². The van der Waals surface area contributed by atoms with Crippen LogP contribution in [0.1, 0.15) is 51.7 Å². The van der Waals surface area contributed by atoms with Crippen LogP contribution in [0.5, 0.6) is 0 Å². The van der Waals surface area contributed by atoms with E-state index in [-0.39, 0.29) is 0 Å². The Bertz CT molecular complexity index is 388. The van der Waals surface area contributed by atoms with E-state index in [2.05, 4.69) is 22.4 Å². The summed E-state index contributed by atoms with van der Waals surface area (Å²) in [7, 11) is 0. The lowest BCUT2D eigenvalue weighted by atomic mass is 9.95. The fourth-order valence-corrected chi connectivity index (χ4v) is 2.53. The molecule has 108 valence electrons. The van der Waals surface area contributed by atoms with Crippen LogP contribution in [0.15, 0.2) is 4.52 Å². The summed E-state index contributed by atoms with van der Waals surface area (Å²) in [6.45, 7) is 8.94. The Labute approximate surface area is 115 Å². The fraction of sp³-hybridized carbons (Fsp3) is 0.857. The Hall–Kier alpha value is -0.940. The lowest BCUT2D eigenvalue weighted by molar-refractivity contribution is -0.0403. The topological polar surface area (TPSA) is 60.2 Å². The Morgan fingerprint density at radius 2 is 2.11 bits per heavy atom. The minimum absolute atomic E-state index is 0.426. The van der Waals surface area contributed by atoms with Crippen LogP contribution >= 0.6 is 0 Å². The number of hydrogen-bond acceptors (Lipinski definition) is 5. The smallest absolute Gasteiger partial charge is 0.227 e. The summed E-state index contributed by atoms with van der Waals surface area (Å²) in [5.74, 6) is 2.09. The number of hydrogen-bond donors (Lipinski definition) is 1. The van der Waals surface area contributed by atoms with Gasteiger partial charge in [0.25, 0.3) is 0 Å². The maximum absolute atomic E-state index is 5.77. The third-order valence-corrected chi connectivity index (χ3v) is 4.00. The van der Waals surface area contributed by atoms with Crippen LogP contribution in [0, 0.1) is 5.92 Å². The highest BCUT2D eigenvalue weighted by atomic mass is 16.5. The summed E-state index contributed by atoms with van der Waals surface area (Å²) in [5.41, 5.74) is -0.426. The molecule has 5 nitrogen and oxygen atoms in total. The zero-order valence-electron chi connectivity index (χ0n) is 12.2. The molecule has 0 saturated carbocycles. The number of nitrogens with zero attached hydrogens (tertiary/aromatic N) is 2. The number of piperidine rings is 1. The van der Waals surface area contributed by atoms with E-state index >= 15 is 0 Å². The van der Waals surface area contributed by atoms with Gasteiger partial charge in [-0.2, -0.15) is 4.98 Å². The van der Waals surface area contributed by atoms with Gasteiger partial charge in [-0.15, -0.1) is 0 Å². The second-order valence-corrected chi connectivity index (χ2v) is 5.43. The molecular weight excluding hydrogens is 242 g/mol. The molecule has 1 aromatic rings. The standard InChI is InChI=1S/C14H25N3O2/c1-4-14(3,18-5-2)13-16-12(19-17-13)10-11-6-8-15-9-7-11/h11,15H,4-10H2,1-3H3. The quantitative estimate of drug-likeness (QED) is 0.856. The summed E-state index contributed by atoms with van der Waals surface area (Å²) in [5, 5.41) is 7.49. The molecule has 2 heterocycles. The lowest BCUT2D eigenvalue weighted by Gasteiger charge is -2.24. The van der Waals surface area contributed by atoms with Crippen LogP contribution in [0.3, 0.4) is 0 Å². The summed E-state index contributed by atoms with van der Waals surface area (Å²) in [4.78, 5) is 4.54. The fourth-order valence-electron chi connectivity index (χ4n) is 2.53. The highest BCUT2D eigenvalue weighted by Crippen LogP contribution is 2.27. The van der Waals surface area contributed by atoms with E-state index in [1.54, 1.807) is 0 Å². The van der Waals surface area contributed by atoms with Crippen molar-refractivity contribution in [2.45, 2.75) is 52.1 Å². The maximum atomic E-state index is 5.77. The zero-order chi connectivity index (χ0) is 13.7.